The van der Waals surface area contributed by atoms with Crippen LogP contribution in [-0.4, -0.2) is 44.3 Å². The lowest BCUT2D eigenvalue weighted by Gasteiger charge is -2.27. The van der Waals surface area contributed by atoms with E-state index in [1.54, 1.807) is 36.4 Å². The number of H-pyrrole nitrogens is 1. The highest BCUT2D eigenvalue weighted by atomic mass is 16.3. The number of barbiturate groups is 1. The van der Waals surface area contributed by atoms with Gasteiger partial charge in [0.1, 0.15) is 11.1 Å². The largest absolute Gasteiger partial charge is 0.494 e. The zero-order chi connectivity index (χ0) is 38.5. The number of aromatic hydroxyl groups is 1. The van der Waals surface area contributed by atoms with E-state index in [2.05, 4.69) is 20.9 Å². The van der Waals surface area contributed by atoms with Crippen LogP contribution in [0.3, 0.4) is 0 Å². The molecule has 0 spiro atoms. The molecule has 1 atom stereocenters. The van der Waals surface area contributed by atoms with Crippen LogP contribution in [0.5, 0.6) is 5.88 Å². The summed E-state index contributed by atoms with van der Waals surface area (Å²) >= 11 is 0. The number of aromatic nitrogens is 2. The Balaban J connectivity index is 1.35. The Kier molecular flexibility index (Phi) is 10.5. The molecule has 272 valence electrons. The highest BCUT2D eigenvalue weighted by Crippen LogP contribution is 2.37. The Morgan fingerprint density at radius 1 is 0.796 bits per heavy atom. The molecular formula is C40H34N6O8. The molecule has 1 fully saturated rings. The lowest BCUT2D eigenvalue weighted by atomic mass is 9.81. The number of carbonyl (C=O) groups excluding carboxylic acids is 5. The molecule has 14 nitrogen and oxygen atoms in total. The predicted octanol–water partition coefficient (Wildman–Crippen LogP) is 4.80. The summed E-state index contributed by atoms with van der Waals surface area (Å²) in [6, 6.07) is 21.0. The van der Waals surface area contributed by atoms with Gasteiger partial charge in [-0.05, 0) is 84.0 Å². The van der Waals surface area contributed by atoms with Gasteiger partial charge in [0.05, 0.1) is 11.4 Å². The quantitative estimate of drug-likeness (QED) is 0.126. The molecule has 54 heavy (non-hydrogen) atoms. The summed E-state index contributed by atoms with van der Waals surface area (Å²) in [5, 5.41) is 18.6. The van der Waals surface area contributed by atoms with E-state index in [4.69, 9.17) is 0 Å². The number of aromatic amines is 1. The molecule has 0 bridgehead atoms. The van der Waals surface area contributed by atoms with Crippen LogP contribution < -0.4 is 32.1 Å². The van der Waals surface area contributed by atoms with Crippen molar-refractivity contribution >= 4 is 52.8 Å². The first-order valence-electron chi connectivity index (χ1n) is 16.8. The molecule has 1 aliphatic carbocycles. The molecule has 2 aliphatic rings. The normalized spacial score (nSPS) is 17.4. The summed E-state index contributed by atoms with van der Waals surface area (Å²) in [5.74, 6) is -3.06. The second kappa shape index (κ2) is 15.5. The van der Waals surface area contributed by atoms with Crippen molar-refractivity contribution in [3.63, 3.8) is 0 Å². The number of nitrogens with zero attached hydrogens (tertiary/aromatic N) is 2. The lowest BCUT2D eigenvalue weighted by molar-refractivity contribution is -0.123. The minimum atomic E-state index is -0.936. The van der Waals surface area contributed by atoms with Crippen LogP contribution in [0.15, 0.2) is 129 Å². The fourth-order valence-electron chi connectivity index (χ4n) is 6.26. The topological polar surface area (TPSA) is 200 Å². The third-order valence-electron chi connectivity index (χ3n) is 8.61. The lowest BCUT2D eigenvalue weighted by Crippen LogP contribution is -2.54. The van der Waals surface area contributed by atoms with Crippen molar-refractivity contribution in [1.29, 1.82) is 0 Å². The van der Waals surface area contributed by atoms with Crippen LogP contribution >= 0.6 is 0 Å². The van der Waals surface area contributed by atoms with Crippen molar-refractivity contribution in [1.82, 2.24) is 14.9 Å². The minimum Gasteiger partial charge on any atom is -0.494 e. The number of amides is 6. The van der Waals surface area contributed by atoms with E-state index in [-0.39, 0.29) is 40.2 Å². The maximum Gasteiger partial charge on any atom is 0.335 e. The van der Waals surface area contributed by atoms with E-state index in [1.807, 2.05) is 36.4 Å². The number of carbonyl (C=O) groups is 5. The van der Waals surface area contributed by atoms with Crippen molar-refractivity contribution in [3.8, 4) is 11.6 Å². The molecule has 6 amide bonds. The Bertz CT molecular complexity index is 2460. The zero-order valence-corrected chi connectivity index (χ0v) is 29.1. The Labute approximate surface area is 307 Å². The van der Waals surface area contributed by atoms with Gasteiger partial charge in [-0.25, -0.2) is 19.1 Å². The molecule has 0 saturated carbocycles. The monoisotopic (exact) mass is 726 g/mol. The van der Waals surface area contributed by atoms with Gasteiger partial charge in [-0.2, -0.15) is 0 Å². The van der Waals surface area contributed by atoms with Gasteiger partial charge in [0.25, 0.3) is 17.4 Å². The SMILES string of the molecule is CC(=O)Nc1cccc(N2C(=O)NC(=O)/C(=C\C=C3C=C(/C=C/c4c(O)n(-c5cccc(NC(C)=O)c5)c(=O)[nH]c4=O)CC(c4ccccc4)C\3)C2=O)c1. The van der Waals surface area contributed by atoms with Crippen molar-refractivity contribution in [2.45, 2.75) is 32.6 Å². The molecule has 1 unspecified atom stereocenters. The number of hydrogen-bond donors (Lipinski definition) is 5. The van der Waals surface area contributed by atoms with E-state index < -0.39 is 35.0 Å². The number of urea groups is 1. The maximum absolute atomic E-state index is 13.6. The van der Waals surface area contributed by atoms with Gasteiger partial charge >= 0.3 is 11.7 Å². The first-order valence-corrected chi connectivity index (χ1v) is 16.8. The predicted molar refractivity (Wildman–Crippen MR) is 202 cm³/mol. The molecule has 6 rings (SSSR count). The van der Waals surface area contributed by atoms with Gasteiger partial charge in [-0.1, -0.05) is 60.7 Å². The molecule has 1 aromatic heterocycles. The summed E-state index contributed by atoms with van der Waals surface area (Å²) in [5.41, 5.74) is 1.38. The third kappa shape index (κ3) is 8.07. The van der Waals surface area contributed by atoms with Crippen LogP contribution in [0.4, 0.5) is 21.9 Å². The number of hydrogen-bond acceptors (Lipinski definition) is 8. The molecular weight excluding hydrogens is 692 g/mol. The molecule has 0 radical (unpaired) electrons. The molecule has 1 aliphatic heterocycles. The van der Waals surface area contributed by atoms with Crippen LogP contribution in [0, 0.1) is 0 Å². The Hall–Kier alpha value is -7.35. The highest BCUT2D eigenvalue weighted by Gasteiger charge is 2.36. The highest BCUT2D eigenvalue weighted by molar-refractivity contribution is 6.37. The number of rotatable bonds is 8. The number of nitrogens with one attached hydrogen (secondary N) is 4. The third-order valence-corrected chi connectivity index (χ3v) is 8.61. The number of benzene rings is 3. The van der Waals surface area contributed by atoms with E-state index in [1.165, 1.54) is 50.3 Å². The van der Waals surface area contributed by atoms with E-state index >= 15 is 0 Å². The van der Waals surface area contributed by atoms with E-state index in [0.29, 0.717) is 24.2 Å². The maximum atomic E-state index is 13.6. The molecule has 2 heterocycles. The average molecular weight is 727 g/mol. The molecule has 5 N–H and O–H groups in total. The smallest absolute Gasteiger partial charge is 0.335 e. The molecule has 3 aromatic carbocycles. The molecule has 14 heteroatoms. The van der Waals surface area contributed by atoms with Gasteiger partial charge in [0, 0.05) is 25.2 Å². The van der Waals surface area contributed by atoms with Crippen molar-refractivity contribution < 1.29 is 29.1 Å². The standard InChI is InChI=1S/C40H34N6O8/c1-23(47)41-29-10-6-12-31(21-29)45-37(51)33(35(49)43-39(45)53)16-14-25-18-26(20-28(19-25)27-8-4-3-5-9-27)15-17-34-36(50)44-40(54)46(38(34)52)32-13-7-11-30(22-32)42-24(2)48/h3-18,21-22,28,51H,19-20H2,1-2H3,(H,41,47)(H,42,48)(H,43,49,53)(H,44,50,54)/b16-14+,26-15-,34-17+. The molecule has 4 aromatic rings. The van der Waals surface area contributed by atoms with Crippen LogP contribution in [-0.2, 0) is 19.2 Å². The van der Waals surface area contributed by atoms with Gasteiger partial charge in [-0.15, -0.1) is 0 Å². The van der Waals surface area contributed by atoms with Crippen molar-refractivity contribution in [2.24, 2.45) is 0 Å². The summed E-state index contributed by atoms with van der Waals surface area (Å²) in [6.45, 7) is 2.66. The first kappa shape index (κ1) is 36.4. The van der Waals surface area contributed by atoms with Gasteiger partial charge in [-0.3, -0.25) is 34.3 Å². The van der Waals surface area contributed by atoms with Gasteiger partial charge < -0.3 is 15.7 Å². The Morgan fingerprint density at radius 2 is 1.44 bits per heavy atom. The Morgan fingerprint density at radius 3 is 2.11 bits per heavy atom. The van der Waals surface area contributed by atoms with Crippen molar-refractivity contribution in [3.05, 3.63) is 152 Å². The number of imide groups is 2. The van der Waals surface area contributed by atoms with Gasteiger partial charge in [0.2, 0.25) is 17.7 Å². The van der Waals surface area contributed by atoms with Crippen LogP contribution in [0.25, 0.3) is 11.8 Å². The second-order valence-electron chi connectivity index (χ2n) is 12.6. The molecule has 1 saturated heterocycles. The fourth-order valence-corrected chi connectivity index (χ4v) is 6.26. The van der Waals surface area contributed by atoms with E-state index in [0.717, 1.165) is 26.2 Å². The summed E-state index contributed by atoms with van der Waals surface area (Å²) in [7, 11) is 0. The number of allylic oxidation sites excluding steroid dienone is 6. The van der Waals surface area contributed by atoms with Gasteiger partial charge in [0.15, 0.2) is 0 Å². The second-order valence-corrected chi connectivity index (χ2v) is 12.6. The van der Waals surface area contributed by atoms with E-state index in [9.17, 15) is 38.7 Å². The number of anilines is 3. The summed E-state index contributed by atoms with van der Waals surface area (Å²) in [4.78, 5) is 91.3. The first-order chi connectivity index (χ1) is 25.9. The fraction of sp³-hybridized carbons (Fsp3) is 0.125. The van der Waals surface area contributed by atoms with Crippen LogP contribution in [0.2, 0.25) is 0 Å². The minimum absolute atomic E-state index is 0.0525. The van der Waals surface area contributed by atoms with Crippen molar-refractivity contribution in [2.75, 3.05) is 15.5 Å². The summed E-state index contributed by atoms with van der Waals surface area (Å²) in [6.07, 6.45) is 8.87. The zero-order valence-electron chi connectivity index (χ0n) is 29.1. The summed E-state index contributed by atoms with van der Waals surface area (Å²) < 4.78 is 0.919. The average Bonchev–Trinajstić information content (AvgIpc) is 3.11. The van der Waals surface area contributed by atoms with Crippen LogP contribution in [0.1, 0.15) is 43.7 Å².